The van der Waals surface area contributed by atoms with Gasteiger partial charge >= 0.3 is 5.97 Å². The van der Waals surface area contributed by atoms with Crippen LogP contribution in [0.5, 0.6) is 0 Å². The normalized spacial score (nSPS) is 27.2. The maximum Gasteiger partial charge on any atom is 0.306 e. The van der Waals surface area contributed by atoms with Crippen molar-refractivity contribution in [3.8, 4) is 12.0 Å². The fourth-order valence-corrected chi connectivity index (χ4v) is 1.62. The lowest BCUT2D eigenvalue weighted by molar-refractivity contribution is -0.144. The van der Waals surface area contributed by atoms with Gasteiger partial charge in [-0.15, -0.1) is 0 Å². The van der Waals surface area contributed by atoms with Crippen molar-refractivity contribution in [3.05, 3.63) is 0 Å². The van der Waals surface area contributed by atoms with Crippen molar-refractivity contribution in [2.45, 2.75) is 38.7 Å². The molecule has 3 heteroatoms. The van der Waals surface area contributed by atoms with E-state index in [1.165, 1.54) is 0 Å². The predicted octanol–water partition coefficient (Wildman–Crippen LogP) is 1.63. The van der Waals surface area contributed by atoms with Gasteiger partial charge in [-0.05, 0) is 25.7 Å². The lowest BCUT2D eigenvalue weighted by atomic mass is 9.87. The fraction of sp³-hybridized carbons (Fsp3) is 0.700. The maximum atomic E-state index is 10.7. The summed E-state index contributed by atoms with van der Waals surface area (Å²) in [6.07, 6.45) is 5.78. The molecule has 0 aromatic carbocycles. The molecule has 0 saturated heterocycles. The number of ether oxygens (including phenoxy) is 1. The Kier molecular flexibility index (Phi) is 3.63. The molecule has 1 N–H and O–H groups in total. The standard InChI is InChI=1S/C10H14O3/c1-2-6-13-9-5-3-4-8(7-9)10(11)12/h8-9H,3-5,7H2,1H3,(H,11,12)/t8-,9-/m0/s1. The summed E-state index contributed by atoms with van der Waals surface area (Å²) >= 11 is 0. The van der Waals surface area contributed by atoms with E-state index < -0.39 is 5.97 Å². The van der Waals surface area contributed by atoms with Crippen LogP contribution >= 0.6 is 0 Å². The van der Waals surface area contributed by atoms with Gasteiger partial charge in [-0.25, -0.2) is 0 Å². The van der Waals surface area contributed by atoms with Crippen LogP contribution in [-0.2, 0) is 9.53 Å². The molecule has 0 heterocycles. The summed E-state index contributed by atoms with van der Waals surface area (Å²) in [5.74, 6) is 1.69. The number of carboxylic acid groups (broad SMARTS) is 1. The van der Waals surface area contributed by atoms with Crippen molar-refractivity contribution in [2.24, 2.45) is 5.92 Å². The van der Waals surface area contributed by atoms with Crippen molar-refractivity contribution in [1.29, 1.82) is 0 Å². The van der Waals surface area contributed by atoms with Crippen LogP contribution in [0, 0.1) is 17.9 Å². The summed E-state index contributed by atoms with van der Waals surface area (Å²) in [6.45, 7) is 1.71. The zero-order valence-electron chi connectivity index (χ0n) is 7.75. The van der Waals surface area contributed by atoms with Gasteiger partial charge in [-0.3, -0.25) is 4.79 Å². The Morgan fingerprint density at radius 1 is 1.54 bits per heavy atom. The molecule has 1 rings (SSSR count). The Balaban J connectivity index is 2.40. The minimum Gasteiger partial charge on any atom is -0.481 e. The first-order chi connectivity index (χ1) is 6.24. The molecule has 13 heavy (non-hydrogen) atoms. The number of hydrogen-bond donors (Lipinski definition) is 1. The molecule has 0 radical (unpaired) electrons. The molecular weight excluding hydrogens is 168 g/mol. The Morgan fingerprint density at radius 3 is 2.92 bits per heavy atom. The first-order valence-electron chi connectivity index (χ1n) is 4.54. The molecule has 0 amide bonds. The number of rotatable bonds is 2. The Bertz CT molecular complexity index is 236. The molecule has 0 aromatic heterocycles. The molecule has 0 unspecified atom stereocenters. The highest BCUT2D eigenvalue weighted by molar-refractivity contribution is 5.70. The van der Waals surface area contributed by atoms with Crippen LogP contribution in [0.25, 0.3) is 0 Å². The average molecular weight is 182 g/mol. The van der Waals surface area contributed by atoms with Crippen molar-refractivity contribution >= 4 is 5.97 Å². The summed E-state index contributed by atoms with van der Waals surface area (Å²) in [5.41, 5.74) is 0. The van der Waals surface area contributed by atoms with E-state index in [-0.39, 0.29) is 12.0 Å². The van der Waals surface area contributed by atoms with E-state index in [2.05, 4.69) is 12.0 Å². The van der Waals surface area contributed by atoms with E-state index in [1.54, 1.807) is 6.92 Å². The second-order valence-electron chi connectivity index (χ2n) is 3.29. The Morgan fingerprint density at radius 2 is 2.31 bits per heavy atom. The van der Waals surface area contributed by atoms with Gasteiger partial charge in [0.2, 0.25) is 0 Å². The van der Waals surface area contributed by atoms with E-state index in [1.807, 2.05) is 0 Å². The largest absolute Gasteiger partial charge is 0.481 e. The number of carboxylic acids is 1. The Labute approximate surface area is 78.1 Å². The third-order valence-corrected chi connectivity index (χ3v) is 2.30. The molecule has 0 aliphatic heterocycles. The smallest absolute Gasteiger partial charge is 0.306 e. The van der Waals surface area contributed by atoms with Gasteiger partial charge in [0.15, 0.2) is 0 Å². The SMILES string of the molecule is CC#CO[C@H]1CCC[C@H](C(=O)O)C1. The van der Waals surface area contributed by atoms with Crippen LogP contribution in [-0.4, -0.2) is 17.2 Å². The summed E-state index contributed by atoms with van der Waals surface area (Å²) in [4.78, 5) is 10.7. The quantitative estimate of drug-likeness (QED) is 0.660. The van der Waals surface area contributed by atoms with Crippen LogP contribution < -0.4 is 0 Å². The van der Waals surface area contributed by atoms with Gasteiger partial charge in [0.1, 0.15) is 12.2 Å². The van der Waals surface area contributed by atoms with Crippen LogP contribution in [0.4, 0.5) is 0 Å². The molecule has 3 nitrogen and oxygen atoms in total. The van der Waals surface area contributed by atoms with Crippen molar-refractivity contribution in [2.75, 3.05) is 0 Å². The molecule has 0 spiro atoms. The van der Waals surface area contributed by atoms with Crippen molar-refractivity contribution in [1.82, 2.24) is 0 Å². The first kappa shape index (κ1) is 9.91. The minimum atomic E-state index is -0.710. The molecule has 72 valence electrons. The second-order valence-corrected chi connectivity index (χ2v) is 3.29. The van der Waals surface area contributed by atoms with Crippen LogP contribution in [0.15, 0.2) is 0 Å². The van der Waals surface area contributed by atoms with Crippen LogP contribution in [0.3, 0.4) is 0 Å². The number of aliphatic carboxylic acids is 1. The molecule has 1 saturated carbocycles. The second kappa shape index (κ2) is 4.76. The van der Waals surface area contributed by atoms with E-state index in [0.29, 0.717) is 6.42 Å². The molecule has 0 aromatic rings. The average Bonchev–Trinajstić information content (AvgIpc) is 2.15. The van der Waals surface area contributed by atoms with Gasteiger partial charge in [0, 0.05) is 6.92 Å². The highest BCUT2D eigenvalue weighted by Crippen LogP contribution is 2.26. The molecule has 1 aliphatic carbocycles. The lowest BCUT2D eigenvalue weighted by Crippen LogP contribution is -2.26. The zero-order valence-corrected chi connectivity index (χ0v) is 7.75. The van der Waals surface area contributed by atoms with Gasteiger partial charge in [0.25, 0.3) is 0 Å². The van der Waals surface area contributed by atoms with Gasteiger partial charge < -0.3 is 9.84 Å². The van der Waals surface area contributed by atoms with Crippen LogP contribution in [0.1, 0.15) is 32.6 Å². The molecule has 1 fully saturated rings. The van der Waals surface area contributed by atoms with Gasteiger partial charge in [-0.2, -0.15) is 0 Å². The molecule has 1 aliphatic rings. The van der Waals surface area contributed by atoms with Gasteiger partial charge in [-0.1, -0.05) is 5.92 Å². The first-order valence-corrected chi connectivity index (χ1v) is 4.54. The molecular formula is C10H14O3. The minimum absolute atomic E-state index is 0.0160. The summed E-state index contributed by atoms with van der Waals surface area (Å²) < 4.78 is 5.19. The highest BCUT2D eigenvalue weighted by Gasteiger charge is 2.27. The third-order valence-electron chi connectivity index (χ3n) is 2.30. The predicted molar refractivity (Wildman–Crippen MR) is 47.9 cm³/mol. The van der Waals surface area contributed by atoms with E-state index in [4.69, 9.17) is 9.84 Å². The summed E-state index contributed by atoms with van der Waals surface area (Å²) in [6, 6.07) is 0. The maximum absolute atomic E-state index is 10.7. The van der Waals surface area contributed by atoms with E-state index >= 15 is 0 Å². The van der Waals surface area contributed by atoms with E-state index in [9.17, 15) is 4.79 Å². The molecule has 2 atom stereocenters. The lowest BCUT2D eigenvalue weighted by Gasteiger charge is -2.24. The highest BCUT2D eigenvalue weighted by atomic mass is 16.5. The summed E-state index contributed by atoms with van der Waals surface area (Å²) in [5, 5.41) is 8.79. The number of hydrogen-bond acceptors (Lipinski definition) is 2. The molecule has 0 bridgehead atoms. The fourth-order valence-electron chi connectivity index (χ4n) is 1.62. The Hall–Kier alpha value is -1.17. The monoisotopic (exact) mass is 182 g/mol. The van der Waals surface area contributed by atoms with Crippen LogP contribution in [0.2, 0.25) is 0 Å². The van der Waals surface area contributed by atoms with Gasteiger partial charge in [0.05, 0.1) is 5.92 Å². The van der Waals surface area contributed by atoms with E-state index in [0.717, 1.165) is 19.3 Å². The number of carbonyl (C=O) groups is 1. The topological polar surface area (TPSA) is 46.5 Å². The third kappa shape index (κ3) is 2.98. The van der Waals surface area contributed by atoms with Crippen molar-refractivity contribution < 1.29 is 14.6 Å². The summed E-state index contributed by atoms with van der Waals surface area (Å²) in [7, 11) is 0. The van der Waals surface area contributed by atoms with Crippen molar-refractivity contribution in [3.63, 3.8) is 0 Å². The zero-order chi connectivity index (χ0) is 9.68.